The number of aryl methyl sites for hydroxylation is 1. The number of hydrogen-bond acceptors (Lipinski definition) is 9. The van der Waals surface area contributed by atoms with Crippen LogP contribution in [0.3, 0.4) is 0 Å². The SMILES string of the molecule is CCOC(=O)c1sc(N2C(=O)C(=O)/C(=C(/O)c3ccc4c(c3)CC(C)O4)C2c2cccc(OC)c2)nc1C. The predicted molar refractivity (Wildman–Crippen MR) is 141 cm³/mol. The molecule has 10 heteroatoms. The lowest BCUT2D eigenvalue weighted by Gasteiger charge is -2.23. The number of hydrogen-bond donors (Lipinski definition) is 1. The number of thiazole rings is 1. The predicted octanol–water partition coefficient (Wildman–Crippen LogP) is 4.59. The maximum absolute atomic E-state index is 13.5. The Morgan fingerprint density at radius 2 is 2.03 bits per heavy atom. The summed E-state index contributed by atoms with van der Waals surface area (Å²) in [5, 5.41) is 11.6. The van der Waals surface area contributed by atoms with Crippen molar-refractivity contribution in [3.8, 4) is 11.5 Å². The van der Waals surface area contributed by atoms with Crippen molar-refractivity contribution in [3.63, 3.8) is 0 Å². The Morgan fingerprint density at radius 3 is 2.76 bits per heavy atom. The van der Waals surface area contributed by atoms with Gasteiger partial charge in [0.1, 0.15) is 28.2 Å². The highest BCUT2D eigenvalue weighted by molar-refractivity contribution is 7.17. The number of aliphatic hydroxyl groups is 1. The lowest BCUT2D eigenvalue weighted by atomic mass is 9.94. The van der Waals surface area contributed by atoms with E-state index in [2.05, 4.69) is 4.98 Å². The zero-order valence-electron chi connectivity index (χ0n) is 21.3. The van der Waals surface area contributed by atoms with E-state index in [1.165, 1.54) is 12.0 Å². The lowest BCUT2D eigenvalue weighted by Crippen LogP contribution is -2.29. The molecule has 9 nitrogen and oxygen atoms in total. The number of benzene rings is 2. The number of carbonyl (C=O) groups excluding carboxylic acids is 3. The summed E-state index contributed by atoms with van der Waals surface area (Å²) in [4.78, 5) is 45.3. The van der Waals surface area contributed by atoms with Crippen LogP contribution in [0.1, 0.15) is 51.9 Å². The molecule has 0 radical (unpaired) electrons. The maximum atomic E-state index is 13.5. The van der Waals surface area contributed by atoms with Gasteiger partial charge in [-0.3, -0.25) is 14.5 Å². The van der Waals surface area contributed by atoms with Crippen LogP contribution < -0.4 is 14.4 Å². The van der Waals surface area contributed by atoms with E-state index in [1.54, 1.807) is 56.3 Å². The van der Waals surface area contributed by atoms with Crippen molar-refractivity contribution < 1.29 is 33.7 Å². The molecule has 2 aliphatic rings. The van der Waals surface area contributed by atoms with E-state index < -0.39 is 23.7 Å². The van der Waals surface area contributed by atoms with Crippen molar-refractivity contribution in [2.75, 3.05) is 18.6 Å². The molecule has 1 aromatic heterocycles. The Labute approximate surface area is 223 Å². The number of Topliss-reactive ketones (excluding diaryl/α,β-unsaturated/α-hetero) is 1. The number of amides is 1. The van der Waals surface area contributed by atoms with Gasteiger partial charge in [0.2, 0.25) is 0 Å². The summed E-state index contributed by atoms with van der Waals surface area (Å²) in [6.45, 7) is 5.47. The van der Waals surface area contributed by atoms with E-state index in [4.69, 9.17) is 14.2 Å². The first-order valence-corrected chi connectivity index (χ1v) is 12.9. The van der Waals surface area contributed by atoms with Gasteiger partial charge < -0.3 is 19.3 Å². The van der Waals surface area contributed by atoms with E-state index in [0.29, 0.717) is 29.0 Å². The van der Waals surface area contributed by atoms with Gasteiger partial charge in [-0.25, -0.2) is 9.78 Å². The summed E-state index contributed by atoms with van der Waals surface area (Å²) < 4.78 is 16.3. The topological polar surface area (TPSA) is 115 Å². The first-order chi connectivity index (χ1) is 18.2. The van der Waals surface area contributed by atoms with Gasteiger partial charge in [0.05, 0.1) is 31.0 Å². The molecule has 38 heavy (non-hydrogen) atoms. The third kappa shape index (κ3) is 4.30. The number of ether oxygens (including phenoxy) is 3. The van der Waals surface area contributed by atoms with Gasteiger partial charge in [-0.15, -0.1) is 0 Å². The normalized spacial score (nSPS) is 19.8. The molecule has 1 saturated heterocycles. The molecular weight excluding hydrogens is 508 g/mol. The number of aromatic nitrogens is 1. The Morgan fingerprint density at radius 1 is 1.24 bits per heavy atom. The second kappa shape index (κ2) is 9.94. The van der Waals surface area contributed by atoms with Crippen LogP contribution in [0.4, 0.5) is 5.13 Å². The molecule has 3 heterocycles. The number of fused-ring (bicyclic) bond motifs is 1. The minimum Gasteiger partial charge on any atom is -0.507 e. The summed E-state index contributed by atoms with van der Waals surface area (Å²) in [6.07, 6.45) is 0.672. The Bertz CT molecular complexity index is 1490. The van der Waals surface area contributed by atoms with Crippen molar-refractivity contribution in [1.29, 1.82) is 0 Å². The fourth-order valence-electron chi connectivity index (χ4n) is 4.75. The summed E-state index contributed by atoms with van der Waals surface area (Å²) >= 11 is 0.960. The number of methoxy groups -OCH3 is 1. The van der Waals surface area contributed by atoms with E-state index in [0.717, 1.165) is 22.6 Å². The summed E-state index contributed by atoms with van der Waals surface area (Å²) in [7, 11) is 1.51. The van der Waals surface area contributed by atoms with Crippen LogP contribution in [0.2, 0.25) is 0 Å². The third-order valence-corrected chi connectivity index (χ3v) is 7.61. The van der Waals surface area contributed by atoms with Crippen molar-refractivity contribution in [1.82, 2.24) is 4.98 Å². The molecule has 2 aliphatic heterocycles. The van der Waals surface area contributed by atoms with Gasteiger partial charge in [-0.05, 0) is 62.2 Å². The molecule has 0 saturated carbocycles. The highest BCUT2D eigenvalue weighted by Gasteiger charge is 2.48. The Hall–Kier alpha value is -4.18. The first kappa shape index (κ1) is 25.5. The molecule has 1 fully saturated rings. The smallest absolute Gasteiger partial charge is 0.350 e. The quantitative estimate of drug-likeness (QED) is 0.211. The van der Waals surface area contributed by atoms with Crippen LogP contribution in [0, 0.1) is 6.92 Å². The molecule has 3 aromatic rings. The zero-order chi connectivity index (χ0) is 27.1. The molecule has 2 aromatic carbocycles. The molecule has 5 rings (SSSR count). The molecule has 2 unspecified atom stereocenters. The van der Waals surface area contributed by atoms with Crippen LogP contribution in [0.5, 0.6) is 11.5 Å². The Balaban J connectivity index is 1.68. The summed E-state index contributed by atoms with van der Waals surface area (Å²) in [5.41, 5.74) is 2.13. The molecule has 0 bridgehead atoms. The fraction of sp³-hybridized carbons (Fsp3) is 0.286. The van der Waals surface area contributed by atoms with E-state index >= 15 is 0 Å². The molecular formula is C28H26N2O7S. The summed E-state index contributed by atoms with van der Waals surface area (Å²) in [6, 6.07) is 11.1. The van der Waals surface area contributed by atoms with Gasteiger partial charge >= 0.3 is 11.9 Å². The van der Waals surface area contributed by atoms with Crippen molar-refractivity contribution in [3.05, 3.63) is 75.3 Å². The van der Waals surface area contributed by atoms with E-state index in [1.807, 2.05) is 6.92 Å². The van der Waals surface area contributed by atoms with E-state index in [-0.39, 0.29) is 34.1 Å². The molecule has 2 atom stereocenters. The number of rotatable bonds is 6. The van der Waals surface area contributed by atoms with Crippen molar-refractivity contribution in [2.24, 2.45) is 0 Å². The number of nitrogens with zero attached hydrogens (tertiary/aromatic N) is 2. The average molecular weight is 535 g/mol. The number of anilines is 1. The van der Waals surface area contributed by atoms with Gasteiger partial charge in [0, 0.05) is 12.0 Å². The summed E-state index contributed by atoms with van der Waals surface area (Å²) in [5.74, 6) is -1.34. The highest BCUT2D eigenvalue weighted by Crippen LogP contribution is 2.45. The maximum Gasteiger partial charge on any atom is 0.350 e. The number of carbonyl (C=O) groups is 3. The lowest BCUT2D eigenvalue weighted by molar-refractivity contribution is -0.132. The molecule has 1 amide bonds. The third-order valence-electron chi connectivity index (χ3n) is 6.48. The number of esters is 1. The van der Waals surface area contributed by atoms with Crippen LogP contribution in [0.15, 0.2) is 48.0 Å². The van der Waals surface area contributed by atoms with E-state index in [9.17, 15) is 19.5 Å². The van der Waals surface area contributed by atoms with Crippen LogP contribution >= 0.6 is 11.3 Å². The van der Waals surface area contributed by atoms with Gasteiger partial charge in [0.15, 0.2) is 5.13 Å². The van der Waals surface area contributed by atoms with Crippen molar-refractivity contribution >= 4 is 39.9 Å². The second-order valence-electron chi connectivity index (χ2n) is 9.03. The number of aliphatic hydroxyl groups excluding tert-OH is 1. The minimum atomic E-state index is -1.01. The molecule has 1 N–H and O–H groups in total. The van der Waals surface area contributed by atoms with Crippen LogP contribution in [0.25, 0.3) is 5.76 Å². The van der Waals surface area contributed by atoms with Gasteiger partial charge in [-0.2, -0.15) is 0 Å². The molecule has 0 spiro atoms. The molecule has 0 aliphatic carbocycles. The monoisotopic (exact) mass is 534 g/mol. The fourth-order valence-corrected chi connectivity index (χ4v) is 5.74. The largest absolute Gasteiger partial charge is 0.507 e. The highest BCUT2D eigenvalue weighted by atomic mass is 32.1. The number of ketones is 1. The average Bonchev–Trinajstić information content (AvgIpc) is 3.55. The second-order valence-corrected chi connectivity index (χ2v) is 10.0. The minimum absolute atomic E-state index is 0.00602. The van der Waals surface area contributed by atoms with Gasteiger partial charge in [-0.1, -0.05) is 23.5 Å². The molecule has 196 valence electrons. The van der Waals surface area contributed by atoms with Gasteiger partial charge in [0.25, 0.3) is 5.78 Å². The van der Waals surface area contributed by atoms with Crippen LogP contribution in [-0.4, -0.2) is 47.6 Å². The van der Waals surface area contributed by atoms with Crippen molar-refractivity contribution in [2.45, 2.75) is 39.3 Å². The zero-order valence-corrected chi connectivity index (χ0v) is 22.1. The first-order valence-electron chi connectivity index (χ1n) is 12.1. The Kier molecular flexibility index (Phi) is 6.66. The standard InChI is InChI=1S/C28H26N2O7S/c1-5-36-27(34)25-15(3)29-28(38-25)30-22(16-7-6-8-19(13-16)35-4)21(24(32)26(30)33)23(31)17-9-10-20-18(12-17)11-14(2)37-20/h6-10,12-14,22,31H,5,11H2,1-4H3/b23-21+. The van der Waals surface area contributed by atoms with Crippen LogP contribution in [-0.2, 0) is 20.7 Å².